The van der Waals surface area contributed by atoms with Crippen molar-refractivity contribution in [3.05, 3.63) is 0 Å². The van der Waals surface area contributed by atoms with Crippen molar-refractivity contribution in [3.63, 3.8) is 0 Å². The Morgan fingerprint density at radius 3 is 2.38 bits per heavy atom. The molecule has 0 N–H and O–H groups in total. The zero-order valence-corrected chi connectivity index (χ0v) is 11.2. The van der Waals surface area contributed by atoms with Crippen molar-refractivity contribution in [1.29, 1.82) is 0 Å². The zero-order valence-electron chi connectivity index (χ0n) is 11.2. The maximum Gasteiger partial charge on any atom is 0.222 e. The van der Waals surface area contributed by atoms with Crippen molar-refractivity contribution in [3.8, 4) is 0 Å². The van der Waals surface area contributed by atoms with E-state index in [0.717, 1.165) is 26.1 Å². The van der Waals surface area contributed by atoms with E-state index in [9.17, 15) is 4.79 Å². The highest BCUT2D eigenvalue weighted by Crippen LogP contribution is 2.22. The molecule has 1 saturated heterocycles. The third-order valence-corrected chi connectivity index (χ3v) is 3.74. The number of likely N-dealkylation sites (tertiary alicyclic amines) is 1. The lowest BCUT2D eigenvalue weighted by Gasteiger charge is -2.34. The summed E-state index contributed by atoms with van der Waals surface area (Å²) in [5.41, 5.74) is 0. The molecule has 0 aliphatic carbocycles. The summed E-state index contributed by atoms with van der Waals surface area (Å²) in [5.74, 6) is 0.919. The van der Waals surface area contributed by atoms with Gasteiger partial charge in [0, 0.05) is 26.1 Å². The number of piperidine rings is 1. The van der Waals surface area contributed by atoms with Crippen LogP contribution in [0, 0.1) is 5.92 Å². The molecule has 1 aliphatic heterocycles. The molecule has 0 atom stereocenters. The predicted molar refractivity (Wildman–Crippen MR) is 67.4 cm³/mol. The highest BCUT2D eigenvalue weighted by molar-refractivity contribution is 5.76. The fourth-order valence-electron chi connectivity index (χ4n) is 2.25. The molecule has 1 rings (SSSR count). The summed E-state index contributed by atoms with van der Waals surface area (Å²) in [5, 5.41) is 0. The fourth-order valence-corrected chi connectivity index (χ4v) is 2.25. The zero-order chi connectivity index (χ0) is 12.1. The van der Waals surface area contributed by atoms with Crippen molar-refractivity contribution in [2.75, 3.05) is 26.7 Å². The van der Waals surface area contributed by atoms with Crippen molar-refractivity contribution >= 4 is 5.91 Å². The van der Waals surface area contributed by atoms with E-state index in [1.54, 1.807) is 0 Å². The lowest BCUT2D eigenvalue weighted by atomic mass is 9.92. The molecular formula is C13H26N2O. The topological polar surface area (TPSA) is 23.6 Å². The Hall–Kier alpha value is -0.570. The van der Waals surface area contributed by atoms with Gasteiger partial charge in [-0.3, -0.25) is 4.79 Å². The van der Waals surface area contributed by atoms with Crippen LogP contribution in [-0.2, 0) is 4.79 Å². The van der Waals surface area contributed by atoms with E-state index in [4.69, 9.17) is 0 Å². The number of amides is 1. The first-order valence-electron chi connectivity index (χ1n) is 6.52. The molecule has 0 unspecified atom stereocenters. The normalized spacial score (nSPS) is 19.1. The van der Waals surface area contributed by atoms with E-state index in [1.165, 1.54) is 12.8 Å². The molecule has 3 heteroatoms. The van der Waals surface area contributed by atoms with Crippen LogP contribution in [0.4, 0.5) is 0 Å². The Balaban J connectivity index is 2.29. The van der Waals surface area contributed by atoms with Crippen LogP contribution in [0.1, 0.15) is 40.0 Å². The third-order valence-electron chi connectivity index (χ3n) is 3.74. The van der Waals surface area contributed by atoms with Gasteiger partial charge in [0.15, 0.2) is 0 Å². The Kier molecular flexibility index (Phi) is 5.26. The Morgan fingerprint density at radius 1 is 1.38 bits per heavy atom. The standard InChI is InChI=1S/C13H26N2O/c1-5-14(4)13(16)10-12-6-8-15(9-7-12)11(2)3/h11-12H,5-10H2,1-4H3. The molecular weight excluding hydrogens is 200 g/mol. The SMILES string of the molecule is CCN(C)C(=O)CC1CCN(C(C)C)CC1. The van der Waals surface area contributed by atoms with E-state index in [1.807, 2.05) is 18.9 Å². The van der Waals surface area contributed by atoms with Gasteiger partial charge in [0.05, 0.1) is 0 Å². The van der Waals surface area contributed by atoms with Gasteiger partial charge in [-0.15, -0.1) is 0 Å². The minimum atomic E-state index is 0.311. The first-order chi connectivity index (χ1) is 7.54. The third kappa shape index (κ3) is 3.78. The van der Waals surface area contributed by atoms with Crippen molar-refractivity contribution in [2.45, 2.75) is 46.1 Å². The monoisotopic (exact) mass is 226 g/mol. The second-order valence-electron chi connectivity index (χ2n) is 5.19. The second-order valence-corrected chi connectivity index (χ2v) is 5.19. The molecule has 1 amide bonds. The molecule has 0 radical (unpaired) electrons. The summed E-state index contributed by atoms with van der Waals surface area (Å²) in [4.78, 5) is 16.1. The number of hydrogen-bond acceptors (Lipinski definition) is 2. The van der Waals surface area contributed by atoms with Gasteiger partial charge < -0.3 is 9.80 Å². The van der Waals surface area contributed by atoms with Crippen LogP contribution >= 0.6 is 0 Å². The molecule has 0 aromatic rings. The maximum atomic E-state index is 11.8. The predicted octanol–water partition coefficient (Wildman–Crippen LogP) is 1.98. The molecule has 0 saturated carbocycles. The Bertz CT molecular complexity index is 220. The molecule has 3 nitrogen and oxygen atoms in total. The van der Waals surface area contributed by atoms with E-state index >= 15 is 0 Å². The number of rotatable bonds is 4. The lowest BCUT2D eigenvalue weighted by Crippen LogP contribution is -2.39. The molecule has 0 aromatic heterocycles. The minimum Gasteiger partial charge on any atom is -0.346 e. The van der Waals surface area contributed by atoms with Crippen LogP contribution in [-0.4, -0.2) is 48.4 Å². The molecule has 94 valence electrons. The fraction of sp³-hybridized carbons (Fsp3) is 0.923. The average Bonchev–Trinajstić information content (AvgIpc) is 2.28. The average molecular weight is 226 g/mol. The van der Waals surface area contributed by atoms with E-state index in [2.05, 4.69) is 18.7 Å². The van der Waals surface area contributed by atoms with Crippen LogP contribution in [0.5, 0.6) is 0 Å². The Morgan fingerprint density at radius 2 is 1.94 bits per heavy atom. The van der Waals surface area contributed by atoms with Gasteiger partial charge in [0.2, 0.25) is 5.91 Å². The first-order valence-corrected chi connectivity index (χ1v) is 6.52. The smallest absolute Gasteiger partial charge is 0.222 e. The Labute approximate surface area is 99.8 Å². The summed E-state index contributed by atoms with van der Waals surface area (Å²) in [6.07, 6.45) is 3.11. The molecule has 1 aliphatic rings. The summed E-state index contributed by atoms with van der Waals surface area (Å²) in [7, 11) is 1.89. The van der Waals surface area contributed by atoms with Crippen LogP contribution in [0.15, 0.2) is 0 Å². The lowest BCUT2D eigenvalue weighted by molar-refractivity contribution is -0.131. The van der Waals surface area contributed by atoms with Crippen LogP contribution < -0.4 is 0 Å². The molecule has 1 fully saturated rings. The summed E-state index contributed by atoms with van der Waals surface area (Å²) in [6, 6.07) is 0.648. The maximum absolute atomic E-state index is 11.8. The highest BCUT2D eigenvalue weighted by atomic mass is 16.2. The number of carbonyl (C=O) groups excluding carboxylic acids is 1. The van der Waals surface area contributed by atoms with Crippen molar-refractivity contribution < 1.29 is 4.79 Å². The highest BCUT2D eigenvalue weighted by Gasteiger charge is 2.23. The van der Waals surface area contributed by atoms with Gasteiger partial charge in [-0.2, -0.15) is 0 Å². The second kappa shape index (κ2) is 6.24. The van der Waals surface area contributed by atoms with Gasteiger partial charge in [-0.05, 0) is 52.6 Å². The van der Waals surface area contributed by atoms with E-state index < -0.39 is 0 Å². The number of hydrogen-bond donors (Lipinski definition) is 0. The summed E-state index contributed by atoms with van der Waals surface area (Å²) < 4.78 is 0. The van der Waals surface area contributed by atoms with Crippen molar-refractivity contribution in [1.82, 2.24) is 9.80 Å². The molecule has 1 heterocycles. The molecule has 0 spiro atoms. The van der Waals surface area contributed by atoms with Gasteiger partial charge in [-0.1, -0.05) is 0 Å². The van der Waals surface area contributed by atoms with Gasteiger partial charge in [0.1, 0.15) is 0 Å². The largest absolute Gasteiger partial charge is 0.346 e. The molecule has 0 aromatic carbocycles. The molecule has 16 heavy (non-hydrogen) atoms. The minimum absolute atomic E-state index is 0.311. The van der Waals surface area contributed by atoms with Gasteiger partial charge in [-0.25, -0.2) is 0 Å². The van der Waals surface area contributed by atoms with Gasteiger partial charge in [0.25, 0.3) is 0 Å². The van der Waals surface area contributed by atoms with Crippen LogP contribution in [0.2, 0.25) is 0 Å². The number of nitrogens with zero attached hydrogens (tertiary/aromatic N) is 2. The quantitative estimate of drug-likeness (QED) is 0.732. The van der Waals surface area contributed by atoms with Gasteiger partial charge >= 0.3 is 0 Å². The van der Waals surface area contributed by atoms with Crippen molar-refractivity contribution in [2.24, 2.45) is 5.92 Å². The van der Waals surface area contributed by atoms with E-state index in [0.29, 0.717) is 17.9 Å². The molecule has 0 bridgehead atoms. The van der Waals surface area contributed by atoms with Crippen LogP contribution in [0.3, 0.4) is 0 Å². The first kappa shape index (κ1) is 13.5. The summed E-state index contributed by atoms with van der Waals surface area (Å²) in [6.45, 7) is 9.66. The van der Waals surface area contributed by atoms with Crippen LogP contribution in [0.25, 0.3) is 0 Å². The van der Waals surface area contributed by atoms with E-state index in [-0.39, 0.29) is 0 Å². The summed E-state index contributed by atoms with van der Waals surface area (Å²) >= 11 is 0. The number of carbonyl (C=O) groups is 1.